The largest absolute Gasteiger partial charge is 0.364 e. The predicted molar refractivity (Wildman–Crippen MR) is 79.7 cm³/mol. The maximum Gasteiger partial charge on any atom is 0.251 e. The monoisotopic (exact) mass is 294 g/mol. The number of likely N-dealkylation sites (tertiary alicyclic amines) is 1. The second kappa shape index (κ2) is 5.84. The molecule has 3 heterocycles. The van der Waals surface area contributed by atoms with Crippen LogP contribution in [0.4, 0.5) is 0 Å². The minimum atomic E-state index is -0.221. The summed E-state index contributed by atoms with van der Waals surface area (Å²) in [5.41, 5.74) is 1.38. The number of nitrogens with zero attached hydrogens (tertiary/aromatic N) is 2. The van der Waals surface area contributed by atoms with E-state index in [9.17, 15) is 4.79 Å². The van der Waals surface area contributed by atoms with E-state index in [0.29, 0.717) is 5.92 Å². The van der Waals surface area contributed by atoms with E-state index in [1.165, 1.54) is 5.56 Å². The number of rotatable bonds is 3. The van der Waals surface area contributed by atoms with Gasteiger partial charge in [-0.15, -0.1) is 0 Å². The molecule has 5 heteroatoms. The second-order valence-electron chi connectivity index (χ2n) is 6.05. The number of hydrogen-bond acceptors (Lipinski definition) is 4. The summed E-state index contributed by atoms with van der Waals surface area (Å²) in [6, 6.07) is 2.19. The van der Waals surface area contributed by atoms with Gasteiger partial charge >= 0.3 is 0 Å². The zero-order chi connectivity index (χ0) is 14.1. The number of hydrogen-bond donors (Lipinski definition) is 0. The molecule has 0 aliphatic carbocycles. The number of carbonyl (C=O) groups is 1. The van der Waals surface area contributed by atoms with Gasteiger partial charge < -0.3 is 9.64 Å². The van der Waals surface area contributed by atoms with Gasteiger partial charge in [-0.2, -0.15) is 11.3 Å². The lowest BCUT2D eigenvalue weighted by atomic mass is 9.91. The van der Waals surface area contributed by atoms with Crippen LogP contribution in [0.1, 0.15) is 18.4 Å². The summed E-state index contributed by atoms with van der Waals surface area (Å²) in [7, 11) is 3.60. The van der Waals surface area contributed by atoms with Crippen molar-refractivity contribution in [2.45, 2.75) is 31.6 Å². The molecule has 0 bridgehead atoms. The fourth-order valence-corrected chi connectivity index (χ4v) is 3.89. The SMILES string of the molecule is CN(C)C(=O)[C@@H]1C[C@H]2CCN(Cc3ccsc3)C[C@H]2O1. The third-order valence-electron chi connectivity index (χ3n) is 4.34. The standard InChI is InChI=1S/C15H22N2O2S/c1-16(2)15(18)13-7-12-3-5-17(9-14(12)19-13)8-11-4-6-20-10-11/h4,6,10,12-14H,3,5,7-9H2,1-2H3/t12-,13+,14-/m1/s1. The van der Waals surface area contributed by atoms with E-state index in [4.69, 9.17) is 4.74 Å². The van der Waals surface area contributed by atoms with Crippen LogP contribution in [0.15, 0.2) is 16.8 Å². The van der Waals surface area contributed by atoms with Gasteiger partial charge in [0.2, 0.25) is 0 Å². The Labute approximate surface area is 124 Å². The Hall–Kier alpha value is -0.910. The molecule has 0 N–H and O–H groups in total. The molecule has 0 aromatic carbocycles. The minimum Gasteiger partial charge on any atom is -0.364 e. The lowest BCUT2D eigenvalue weighted by Crippen LogP contribution is -2.42. The van der Waals surface area contributed by atoms with Crippen molar-refractivity contribution in [2.24, 2.45) is 5.92 Å². The molecule has 110 valence electrons. The van der Waals surface area contributed by atoms with Gasteiger partial charge in [0, 0.05) is 27.2 Å². The van der Waals surface area contributed by atoms with Crippen LogP contribution in [0.2, 0.25) is 0 Å². The van der Waals surface area contributed by atoms with Crippen molar-refractivity contribution in [1.29, 1.82) is 0 Å². The second-order valence-corrected chi connectivity index (χ2v) is 6.83. The number of thiophene rings is 1. The van der Waals surface area contributed by atoms with Crippen molar-refractivity contribution in [1.82, 2.24) is 9.80 Å². The van der Waals surface area contributed by atoms with Gasteiger partial charge in [-0.3, -0.25) is 9.69 Å². The molecule has 2 fully saturated rings. The molecule has 0 radical (unpaired) electrons. The number of amides is 1. The van der Waals surface area contributed by atoms with Gasteiger partial charge in [0.1, 0.15) is 6.10 Å². The summed E-state index contributed by atoms with van der Waals surface area (Å²) in [6.45, 7) is 3.07. The molecule has 0 unspecified atom stereocenters. The molecule has 3 rings (SSSR count). The van der Waals surface area contributed by atoms with Crippen LogP contribution in [-0.4, -0.2) is 55.1 Å². The number of ether oxygens (including phenoxy) is 1. The molecular formula is C15H22N2O2S. The average Bonchev–Trinajstić information content (AvgIpc) is 3.06. The molecule has 2 aliphatic rings. The highest BCUT2D eigenvalue weighted by atomic mass is 32.1. The molecule has 1 aromatic rings. The first kappa shape index (κ1) is 14.0. The van der Waals surface area contributed by atoms with Crippen LogP contribution in [0.25, 0.3) is 0 Å². The molecule has 20 heavy (non-hydrogen) atoms. The number of likely N-dealkylation sites (N-methyl/N-ethyl adjacent to an activating group) is 1. The Bertz CT molecular complexity index is 460. The van der Waals surface area contributed by atoms with E-state index in [1.54, 1.807) is 30.3 Å². The Morgan fingerprint density at radius 3 is 3.10 bits per heavy atom. The van der Waals surface area contributed by atoms with E-state index in [0.717, 1.165) is 32.5 Å². The third-order valence-corrected chi connectivity index (χ3v) is 5.07. The first-order valence-electron chi connectivity index (χ1n) is 7.23. The first-order valence-corrected chi connectivity index (χ1v) is 8.18. The molecule has 1 amide bonds. The summed E-state index contributed by atoms with van der Waals surface area (Å²) >= 11 is 1.75. The smallest absolute Gasteiger partial charge is 0.251 e. The van der Waals surface area contributed by atoms with Crippen LogP contribution in [-0.2, 0) is 16.1 Å². The number of carbonyl (C=O) groups excluding carboxylic acids is 1. The maximum absolute atomic E-state index is 12.0. The minimum absolute atomic E-state index is 0.115. The highest BCUT2D eigenvalue weighted by Crippen LogP contribution is 2.34. The van der Waals surface area contributed by atoms with Crippen LogP contribution in [0.5, 0.6) is 0 Å². The maximum atomic E-state index is 12.0. The molecular weight excluding hydrogens is 272 g/mol. The number of piperidine rings is 1. The van der Waals surface area contributed by atoms with Gasteiger partial charge in [0.25, 0.3) is 5.91 Å². The van der Waals surface area contributed by atoms with Crippen LogP contribution in [0.3, 0.4) is 0 Å². The summed E-state index contributed by atoms with van der Waals surface area (Å²) in [5, 5.41) is 4.33. The van der Waals surface area contributed by atoms with E-state index < -0.39 is 0 Å². The lowest BCUT2D eigenvalue weighted by molar-refractivity contribution is -0.141. The fourth-order valence-electron chi connectivity index (χ4n) is 3.23. The van der Waals surface area contributed by atoms with Crippen molar-refractivity contribution in [3.63, 3.8) is 0 Å². The molecule has 3 atom stereocenters. The molecule has 1 aromatic heterocycles. The highest BCUT2D eigenvalue weighted by molar-refractivity contribution is 7.07. The topological polar surface area (TPSA) is 32.8 Å². The highest BCUT2D eigenvalue weighted by Gasteiger charge is 2.42. The summed E-state index contributed by atoms with van der Waals surface area (Å²) < 4.78 is 6.01. The molecule has 4 nitrogen and oxygen atoms in total. The Kier molecular flexibility index (Phi) is 4.10. The van der Waals surface area contributed by atoms with Gasteiger partial charge in [0.05, 0.1) is 6.10 Å². The van der Waals surface area contributed by atoms with Gasteiger partial charge in [-0.1, -0.05) is 0 Å². The van der Waals surface area contributed by atoms with Crippen molar-refractivity contribution < 1.29 is 9.53 Å². The Morgan fingerprint density at radius 1 is 1.55 bits per heavy atom. The zero-order valence-electron chi connectivity index (χ0n) is 12.1. The first-order chi connectivity index (χ1) is 9.63. The van der Waals surface area contributed by atoms with Crippen LogP contribution in [0, 0.1) is 5.92 Å². The van der Waals surface area contributed by atoms with Crippen LogP contribution < -0.4 is 0 Å². The van der Waals surface area contributed by atoms with Gasteiger partial charge in [0.15, 0.2) is 0 Å². The van der Waals surface area contributed by atoms with Crippen molar-refractivity contribution >= 4 is 17.2 Å². The molecule has 0 saturated carbocycles. The fraction of sp³-hybridized carbons (Fsp3) is 0.667. The molecule has 2 aliphatic heterocycles. The van der Waals surface area contributed by atoms with E-state index >= 15 is 0 Å². The van der Waals surface area contributed by atoms with Crippen molar-refractivity contribution in [2.75, 3.05) is 27.2 Å². The van der Waals surface area contributed by atoms with Crippen LogP contribution >= 0.6 is 11.3 Å². The third kappa shape index (κ3) is 2.90. The lowest BCUT2D eigenvalue weighted by Gasteiger charge is -2.33. The average molecular weight is 294 g/mol. The van der Waals surface area contributed by atoms with Crippen molar-refractivity contribution in [3.05, 3.63) is 22.4 Å². The van der Waals surface area contributed by atoms with E-state index in [1.807, 2.05) is 0 Å². The summed E-state index contributed by atoms with van der Waals surface area (Å²) in [4.78, 5) is 16.1. The van der Waals surface area contributed by atoms with Gasteiger partial charge in [-0.05, 0) is 47.7 Å². The quantitative estimate of drug-likeness (QED) is 0.852. The van der Waals surface area contributed by atoms with Crippen molar-refractivity contribution in [3.8, 4) is 0 Å². The Morgan fingerprint density at radius 2 is 2.40 bits per heavy atom. The van der Waals surface area contributed by atoms with Gasteiger partial charge in [-0.25, -0.2) is 0 Å². The molecule has 0 spiro atoms. The predicted octanol–water partition coefficient (Wildman–Crippen LogP) is 1.82. The summed E-state index contributed by atoms with van der Waals surface area (Å²) in [6.07, 6.45) is 2.05. The van der Waals surface area contributed by atoms with E-state index in [-0.39, 0.29) is 18.1 Å². The normalized spacial score (nSPS) is 30.2. The Balaban J connectivity index is 1.57. The number of fused-ring (bicyclic) bond motifs is 1. The molecule has 2 saturated heterocycles. The summed E-state index contributed by atoms with van der Waals surface area (Å²) in [5.74, 6) is 0.673. The zero-order valence-corrected chi connectivity index (χ0v) is 12.9. The van der Waals surface area contributed by atoms with E-state index in [2.05, 4.69) is 21.7 Å².